The van der Waals surface area contributed by atoms with Crippen LogP contribution in [0, 0.1) is 5.92 Å². The summed E-state index contributed by atoms with van der Waals surface area (Å²) in [6.07, 6.45) is 2.24. The van der Waals surface area contributed by atoms with Crippen molar-refractivity contribution in [3.05, 3.63) is 39.3 Å². The van der Waals surface area contributed by atoms with Crippen LogP contribution in [0.2, 0.25) is 10.0 Å². The number of benzene rings is 1. The molecule has 2 aromatic rings. The van der Waals surface area contributed by atoms with Crippen LogP contribution in [0.1, 0.15) is 25.0 Å². The molecule has 25 heavy (non-hydrogen) atoms. The molecular weight excluding hydrogens is 383 g/mol. The van der Waals surface area contributed by atoms with Gasteiger partial charge in [0, 0.05) is 22.0 Å². The van der Waals surface area contributed by atoms with Gasteiger partial charge in [-0.05, 0) is 31.0 Å². The first-order valence-electron chi connectivity index (χ1n) is 7.86. The number of carboxylic acid groups (broad SMARTS) is 1. The second-order valence-corrected chi connectivity index (χ2v) is 7.70. The summed E-state index contributed by atoms with van der Waals surface area (Å²) in [6, 6.07) is 4.89. The summed E-state index contributed by atoms with van der Waals surface area (Å²) in [5.74, 6) is -1.56. The summed E-state index contributed by atoms with van der Waals surface area (Å²) in [6.45, 7) is 0. The number of carbonyl (C=O) groups is 2. The van der Waals surface area contributed by atoms with Crippen molar-refractivity contribution in [2.45, 2.75) is 31.7 Å². The van der Waals surface area contributed by atoms with Gasteiger partial charge in [0.15, 0.2) is 0 Å². The zero-order chi connectivity index (χ0) is 18.0. The molecule has 0 spiro atoms. The molecule has 1 aromatic carbocycles. The highest BCUT2D eigenvalue weighted by Gasteiger charge is 2.33. The lowest BCUT2D eigenvalue weighted by Gasteiger charge is -2.17. The minimum Gasteiger partial charge on any atom is -0.481 e. The molecule has 1 saturated carbocycles. The van der Waals surface area contributed by atoms with Gasteiger partial charge in [0.25, 0.3) is 0 Å². The van der Waals surface area contributed by atoms with E-state index in [0.717, 1.165) is 12.0 Å². The first kappa shape index (κ1) is 18.2. The van der Waals surface area contributed by atoms with Crippen LogP contribution in [0.5, 0.6) is 0 Å². The third kappa shape index (κ3) is 4.32. The van der Waals surface area contributed by atoms with Crippen LogP contribution in [-0.4, -0.2) is 28.0 Å². The van der Waals surface area contributed by atoms with Crippen molar-refractivity contribution in [2.24, 2.45) is 5.92 Å². The van der Waals surface area contributed by atoms with E-state index in [9.17, 15) is 14.7 Å². The van der Waals surface area contributed by atoms with Crippen molar-refractivity contribution in [1.82, 2.24) is 10.3 Å². The van der Waals surface area contributed by atoms with E-state index in [2.05, 4.69) is 10.3 Å². The molecule has 1 heterocycles. The molecule has 1 amide bonds. The Labute approximate surface area is 159 Å². The average Bonchev–Trinajstić information content (AvgIpc) is 3.16. The van der Waals surface area contributed by atoms with Crippen LogP contribution < -0.4 is 5.32 Å². The van der Waals surface area contributed by atoms with Crippen molar-refractivity contribution in [1.29, 1.82) is 0 Å². The highest BCUT2D eigenvalue weighted by atomic mass is 35.5. The zero-order valence-corrected chi connectivity index (χ0v) is 15.5. The van der Waals surface area contributed by atoms with Gasteiger partial charge in [0.2, 0.25) is 5.91 Å². The van der Waals surface area contributed by atoms with Crippen molar-refractivity contribution >= 4 is 46.4 Å². The topological polar surface area (TPSA) is 79.3 Å². The number of rotatable bonds is 5. The lowest BCUT2D eigenvalue weighted by molar-refractivity contribution is -0.142. The normalized spacial score (nSPS) is 19.8. The van der Waals surface area contributed by atoms with Crippen LogP contribution in [0.3, 0.4) is 0 Å². The molecule has 1 fully saturated rings. The summed E-state index contributed by atoms with van der Waals surface area (Å²) in [4.78, 5) is 27.8. The van der Waals surface area contributed by atoms with E-state index in [1.165, 1.54) is 11.3 Å². The number of hydrogen-bond donors (Lipinski definition) is 2. The number of halogens is 2. The van der Waals surface area contributed by atoms with Crippen molar-refractivity contribution < 1.29 is 14.7 Å². The molecule has 1 aliphatic carbocycles. The Hall–Kier alpha value is -1.63. The monoisotopic (exact) mass is 398 g/mol. The third-order valence-corrected chi connectivity index (χ3v) is 5.71. The van der Waals surface area contributed by atoms with Gasteiger partial charge in [0.1, 0.15) is 5.01 Å². The molecule has 0 radical (unpaired) electrons. The predicted octanol–water partition coefficient (Wildman–Crippen LogP) is 4.03. The second kappa shape index (κ2) is 7.72. The first-order valence-corrected chi connectivity index (χ1v) is 9.49. The molecule has 0 saturated heterocycles. The smallest absolute Gasteiger partial charge is 0.308 e. The SMILES string of the molecule is O=C(Cc1csc(-c2ccc(Cl)cc2Cl)n1)N[C@H]1CCC[C@H]1C(=O)O. The van der Waals surface area contributed by atoms with E-state index < -0.39 is 11.9 Å². The van der Waals surface area contributed by atoms with Gasteiger partial charge in [-0.3, -0.25) is 9.59 Å². The molecule has 1 aromatic heterocycles. The second-order valence-electron chi connectivity index (χ2n) is 5.99. The summed E-state index contributed by atoms with van der Waals surface area (Å²) < 4.78 is 0. The number of nitrogens with zero attached hydrogens (tertiary/aromatic N) is 1. The number of aromatic nitrogens is 1. The molecule has 0 unspecified atom stereocenters. The summed E-state index contributed by atoms with van der Waals surface area (Å²) >= 11 is 13.5. The Balaban J connectivity index is 1.65. The third-order valence-electron chi connectivity index (χ3n) is 4.23. The van der Waals surface area contributed by atoms with Crippen LogP contribution in [-0.2, 0) is 16.0 Å². The molecule has 1 aliphatic rings. The van der Waals surface area contributed by atoms with E-state index in [0.29, 0.717) is 33.6 Å². The van der Waals surface area contributed by atoms with Gasteiger partial charge < -0.3 is 10.4 Å². The Morgan fingerprint density at radius 2 is 2.12 bits per heavy atom. The van der Waals surface area contributed by atoms with E-state index in [1.54, 1.807) is 18.2 Å². The quantitative estimate of drug-likeness (QED) is 0.796. The molecule has 0 bridgehead atoms. The lowest BCUT2D eigenvalue weighted by Crippen LogP contribution is -2.40. The van der Waals surface area contributed by atoms with Crippen molar-refractivity contribution in [3.63, 3.8) is 0 Å². The number of carboxylic acids is 1. The van der Waals surface area contributed by atoms with Gasteiger partial charge in [-0.25, -0.2) is 4.98 Å². The predicted molar refractivity (Wildman–Crippen MR) is 98.2 cm³/mol. The molecule has 2 N–H and O–H groups in total. The Bertz CT molecular complexity index is 809. The molecule has 132 valence electrons. The number of aliphatic carboxylic acids is 1. The van der Waals surface area contributed by atoms with Crippen LogP contribution in [0.15, 0.2) is 23.6 Å². The Morgan fingerprint density at radius 3 is 2.84 bits per heavy atom. The van der Waals surface area contributed by atoms with Gasteiger partial charge in [0.05, 0.1) is 23.1 Å². The summed E-state index contributed by atoms with van der Waals surface area (Å²) in [5, 5.41) is 15.6. The molecule has 3 rings (SSSR count). The van der Waals surface area contributed by atoms with Gasteiger partial charge in [-0.1, -0.05) is 29.6 Å². The number of hydrogen-bond acceptors (Lipinski definition) is 4. The van der Waals surface area contributed by atoms with Gasteiger partial charge in [-0.2, -0.15) is 0 Å². The standard InChI is InChI=1S/C17H16Cl2N2O3S/c18-9-4-5-11(13(19)6-9)16-20-10(8-25-16)7-15(22)21-14-3-1-2-12(14)17(23)24/h4-6,8,12,14H,1-3,7H2,(H,21,22)(H,23,24)/t12-,14+/m1/s1. The maximum absolute atomic E-state index is 12.2. The Kier molecular flexibility index (Phi) is 5.61. The maximum atomic E-state index is 12.2. The van der Waals surface area contributed by atoms with E-state index >= 15 is 0 Å². The maximum Gasteiger partial charge on any atom is 0.308 e. The number of nitrogens with one attached hydrogen (secondary N) is 1. The van der Waals surface area contributed by atoms with Gasteiger partial charge in [-0.15, -0.1) is 11.3 Å². The van der Waals surface area contributed by atoms with Crippen LogP contribution in [0.25, 0.3) is 10.6 Å². The largest absolute Gasteiger partial charge is 0.481 e. The summed E-state index contributed by atoms with van der Waals surface area (Å²) in [5.41, 5.74) is 1.40. The van der Waals surface area contributed by atoms with Crippen LogP contribution >= 0.6 is 34.5 Å². The lowest BCUT2D eigenvalue weighted by atomic mass is 10.0. The molecule has 0 aliphatic heterocycles. The minimum absolute atomic E-state index is 0.116. The Morgan fingerprint density at radius 1 is 1.32 bits per heavy atom. The number of carbonyl (C=O) groups excluding carboxylic acids is 1. The fourth-order valence-electron chi connectivity index (χ4n) is 3.03. The fraction of sp³-hybridized carbons (Fsp3) is 0.353. The summed E-state index contributed by atoms with van der Waals surface area (Å²) in [7, 11) is 0. The van der Waals surface area contributed by atoms with Crippen molar-refractivity contribution in [3.8, 4) is 10.6 Å². The van der Waals surface area contributed by atoms with E-state index in [1.807, 2.05) is 5.38 Å². The number of thiazole rings is 1. The zero-order valence-electron chi connectivity index (χ0n) is 13.2. The molecule has 2 atom stereocenters. The fourth-order valence-corrected chi connectivity index (χ4v) is 4.44. The highest BCUT2D eigenvalue weighted by Crippen LogP contribution is 2.32. The van der Waals surface area contributed by atoms with E-state index in [4.69, 9.17) is 23.2 Å². The molecular formula is C17H16Cl2N2O3S. The van der Waals surface area contributed by atoms with Gasteiger partial charge >= 0.3 is 5.97 Å². The number of amides is 1. The average molecular weight is 399 g/mol. The van der Waals surface area contributed by atoms with E-state index in [-0.39, 0.29) is 18.4 Å². The molecule has 8 heteroatoms. The highest BCUT2D eigenvalue weighted by molar-refractivity contribution is 7.13. The first-order chi connectivity index (χ1) is 11.9. The molecule has 5 nitrogen and oxygen atoms in total. The minimum atomic E-state index is -0.851. The van der Waals surface area contributed by atoms with Crippen molar-refractivity contribution in [2.75, 3.05) is 0 Å². The van der Waals surface area contributed by atoms with Crippen LogP contribution in [0.4, 0.5) is 0 Å².